The Morgan fingerprint density at radius 3 is 2.44 bits per heavy atom. The van der Waals surface area contributed by atoms with Gasteiger partial charge in [-0.2, -0.15) is 13.2 Å². The van der Waals surface area contributed by atoms with Crippen LogP contribution in [0.25, 0.3) is 0 Å². The van der Waals surface area contributed by atoms with Crippen molar-refractivity contribution in [3.63, 3.8) is 0 Å². The number of alkyl halides is 3. The van der Waals surface area contributed by atoms with E-state index in [9.17, 15) is 13.2 Å². The van der Waals surface area contributed by atoms with Crippen molar-refractivity contribution < 1.29 is 13.2 Å². The van der Waals surface area contributed by atoms with Gasteiger partial charge in [-0.1, -0.05) is 0 Å². The Kier molecular flexibility index (Phi) is 4.09. The Morgan fingerprint density at radius 2 is 1.94 bits per heavy atom. The van der Waals surface area contributed by atoms with Crippen LogP contribution in [-0.4, -0.2) is 11.5 Å². The van der Waals surface area contributed by atoms with Crippen molar-refractivity contribution in [2.24, 2.45) is 16.5 Å². The lowest BCUT2D eigenvalue weighted by molar-refractivity contribution is -0.0328. The van der Waals surface area contributed by atoms with Gasteiger partial charge in [0.05, 0.1) is 5.69 Å². The third-order valence-electron chi connectivity index (χ3n) is 1.40. The van der Waals surface area contributed by atoms with Gasteiger partial charge in [0.1, 0.15) is 0 Å². The molecule has 0 saturated carbocycles. The molecule has 0 atom stereocenters. The summed E-state index contributed by atoms with van der Waals surface area (Å²) in [5, 5.41) is 0. The van der Waals surface area contributed by atoms with Crippen LogP contribution in [0.5, 0.6) is 0 Å². The van der Waals surface area contributed by atoms with E-state index >= 15 is 0 Å². The molecule has 0 aliphatic carbocycles. The zero-order chi connectivity index (χ0) is 12.3. The van der Waals surface area contributed by atoms with Crippen LogP contribution in [0.15, 0.2) is 32.6 Å². The van der Waals surface area contributed by atoms with E-state index in [2.05, 4.69) is 20.9 Å². The van der Waals surface area contributed by atoms with E-state index < -0.39 is 5.51 Å². The molecule has 1 aromatic carbocycles. The average molecular weight is 314 g/mol. The number of halogens is 4. The fourth-order valence-electron chi connectivity index (χ4n) is 0.914. The first-order valence-corrected chi connectivity index (χ1v) is 5.54. The van der Waals surface area contributed by atoms with Crippen molar-refractivity contribution >= 4 is 39.3 Å². The molecule has 0 radical (unpaired) electrons. The van der Waals surface area contributed by atoms with E-state index in [4.69, 9.17) is 11.5 Å². The van der Waals surface area contributed by atoms with Crippen molar-refractivity contribution in [1.29, 1.82) is 0 Å². The highest BCUT2D eigenvalue weighted by molar-refractivity contribution is 9.10. The van der Waals surface area contributed by atoms with Gasteiger partial charge < -0.3 is 11.5 Å². The summed E-state index contributed by atoms with van der Waals surface area (Å²) in [6.07, 6.45) is 0. The molecule has 0 unspecified atom stereocenters. The van der Waals surface area contributed by atoms with E-state index in [1.807, 2.05) is 0 Å². The van der Waals surface area contributed by atoms with Crippen molar-refractivity contribution in [3.8, 4) is 0 Å². The van der Waals surface area contributed by atoms with Crippen LogP contribution in [0.1, 0.15) is 0 Å². The molecule has 16 heavy (non-hydrogen) atoms. The zero-order valence-electron chi connectivity index (χ0n) is 7.75. The molecule has 1 aromatic rings. The SMILES string of the molecule is NC(N)=Nc1cc(SC(F)(F)F)ccc1Br. The summed E-state index contributed by atoms with van der Waals surface area (Å²) in [4.78, 5) is 3.72. The molecule has 0 aromatic heterocycles. The minimum absolute atomic E-state index is 0.0238. The standard InChI is InChI=1S/C8H7BrF3N3S/c9-5-2-1-4(16-8(10,11)12)3-6(5)15-7(13)14/h1-3H,(H4,13,14,15). The Labute approximate surface area is 102 Å². The third kappa shape index (κ3) is 4.31. The summed E-state index contributed by atoms with van der Waals surface area (Å²) in [6, 6.07) is 4.03. The van der Waals surface area contributed by atoms with E-state index in [-0.39, 0.29) is 28.3 Å². The van der Waals surface area contributed by atoms with E-state index in [0.717, 1.165) is 0 Å². The lowest BCUT2D eigenvalue weighted by atomic mass is 10.3. The quantitative estimate of drug-likeness (QED) is 0.501. The number of nitrogens with two attached hydrogens (primary N) is 2. The Morgan fingerprint density at radius 1 is 1.31 bits per heavy atom. The topological polar surface area (TPSA) is 64.4 Å². The summed E-state index contributed by atoms with van der Waals surface area (Å²) in [5.41, 5.74) is 6.23. The molecule has 0 spiro atoms. The van der Waals surface area contributed by atoms with Gasteiger partial charge in [-0.15, -0.1) is 0 Å². The maximum absolute atomic E-state index is 12.1. The minimum Gasteiger partial charge on any atom is -0.370 e. The van der Waals surface area contributed by atoms with Gasteiger partial charge in [-0.25, -0.2) is 4.99 Å². The number of thioether (sulfide) groups is 1. The lowest BCUT2D eigenvalue weighted by Crippen LogP contribution is -2.21. The van der Waals surface area contributed by atoms with Gasteiger partial charge in [0, 0.05) is 9.37 Å². The molecule has 3 nitrogen and oxygen atoms in total. The summed E-state index contributed by atoms with van der Waals surface area (Å²) in [7, 11) is 0. The molecular weight excluding hydrogens is 307 g/mol. The van der Waals surface area contributed by atoms with Crippen LogP contribution < -0.4 is 11.5 Å². The molecule has 0 saturated heterocycles. The predicted octanol–water partition coefficient (Wildman–Crippen LogP) is 2.97. The van der Waals surface area contributed by atoms with Crippen LogP contribution in [0.4, 0.5) is 18.9 Å². The Hall–Kier alpha value is -0.890. The Bertz CT molecular complexity index is 415. The summed E-state index contributed by atoms with van der Waals surface area (Å²) in [6.45, 7) is 0. The first-order chi connectivity index (χ1) is 7.28. The fourth-order valence-corrected chi connectivity index (χ4v) is 1.82. The first kappa shape index (κ1) is 13.2. The highest BCUT2D eigenvalue weighted by atomic mass is 79.9. The van der Waals surface area contributed by atoms with Crippen molar-refractivity contribution in [1.82, 2.24) is 0 Å². The van der Waals surface area contributed by atoms with Gasteiger partial charge in [-0.05, 0) is 45.9 Å². The molecule has 4 N–H and O–H groups in total. The second kappa shape index (κ2) is 4.96. The van der Waals surface area contributed by atoms with E-state index in [1.165, 1.54) is 18.2 Å². The highest BCUT2D eigenvalue weighted by Crippen LogP contribution is 2.39. The Balaban J connectivity index is 3.03. The van der Waals surface area contributed by atoms with Crippen molar-refractivity contribution in [3.05, 3.63) is 22.7 Å². The third-order valence-corrected chi connectivity index (χ3v) is 2.79. The molecule has 8 heteroatoms. The van der Waals surface area contributed by atoms with Crippen molar-refractivity contribution in [2.75, 3.05) is 0 Å². The van der Waals surface area contributed by atoms with Crippen LogP contribution >= 0.6 is 27.7 Å². The van der Waals surface area contributed by atoms with Crippen LogP contribution in [0, 0.1) is 0 Å². The van der Waals surface area contributed by atoms with E-state index in [1.54, 1.807) is 0 Å². The molecular formula is C8H7BrF3N3S. The number of benzene rings is 1. The van der Waals surface area contributed by atoms with Gasteiger partial charge in [0.25, 0.3) is 0 Å². The largest absolute Gasteiger partial charge is 0.446 e. The zero-order valence-corrected chi connectivity index (χ0v) is 10.2. The highest BCUT2D eigenvalue weighted by Gasteiger charge is 2.29. The normalized spacial score (nSPS) is 11.2. The summed E-state index contributed by atoms with van der Waals surface area (Å²) in [5.74, 6) is -0.213. The summed E-state index contributed by atoms with van der Waals surface area (Å²) >= 11 is 2.91. The molecule has 0 fully saturated rings. The summed E-state index contributed by atoms with van der Waals surface area (Å²) < 4.78 is 36.8. The number of hydrogen-bond donors (Lipinski definition) is 2. The number of aliphatic imine (C=N–C) groups is 1. The molecule has 0 heterocycles. The maximum atomic E-state index is 12.1. The molecule has 1 rings (SSSR count). The molecule has 0 amide bonds. The number of guanidine groups is 1. The number of nitrogens with zero attached hydrogens (tertiary/aromatic N) is 1. The first-order valence-electron chi connectivity index (χ1n) is 3.93. The number of rotatable bonds is 2. The van der Waals surface area contributed by atoms with Crippen molar-refractivity contribution in [2.45, 2.75) is 10.4 Å². The number of hydrogen-bond acceptors (Lipinski definition) is 2. The average Bonchev–Trinajstić information content (AvgIpc) is 2.07. The van der Waals surface area contributed by atoms with Crippen LogP contribution in [-0.2, 0) is 0 Å². The molecule has 0 bridgehead atoms. The molecule has 0 aliphatic rings. The van der Waals surface area contributed by atoms with E-state index in [0.29, 0.717) is 4.47 Å². The van der Waals surface area contributed by atoms with Gasteiger partial charge in [0.2, 0.25) is 0 Å². The smallest absolute Gasteiger partial charge is 0.370 e. The fraction of sp³-hybridized carbons (Fsp3) is 0.125. The minimum atomic E-state index is -4.33. The lowest BCUT2D eigenvalue weighted by Gasteiger charge is -2.07. The van der Waals surface area contributed by atoms with Gasteiger partial charge >= 0.3 is 5.51 Å². The maximum Gasteiger partial charge on any atom is 0.446 e. The van der Waals surface area contributed by atoms with Crippen LogP contribution in [0.3, 0.4) is 0 Å². The predicted molar refractivity (Wildman–Crippen MR) is 61.5 cm³/mol. The molecule has 88 valence electrons. The second-order valence-electron chi connectivity index (χ2n) is 2.70. The van der Waals surface area contributed by atoms with Crippen LogP contribution in [0.2, 0.25) is 0 Å². The second-order valence-corrected chi connectivity index (χ2v) is 4.69. The van der Waals surface area contributed by atoms with Gasteiger partial charge in [-0.3, -0.25) is 0 Å². The van der Waals surface area contributed by atoms with Gasteiger partial charge in [0.15, 0.2) is 5.96 Å². The monoisotopic (exact) mass is 313 g/mol. The molecule has 0 aliphatic heterocycles.